The quantitative estimate of drug-likeness (QED) is 0.584. The molecule has 0 saturated carbocycles. The van der Waals surface area contributed by atoms with Gasteiger partial charge in [0, 0.05) is 11.6 Å². The number of benzene rings is 1. The number of halogens is 2. The molecule has 0 atom stereocenters. The summed E-state index contributed by atoms with van der Waals surface area (Å²) in [6.07, 6.45) is 4.83. The van der Waals surface area contributed by atoms with E-state index in [4.69, 9.17) is 4.18 Å². The smallest absolute Gasteiger partial charge is 0.264 e. The maximum Gasteiger partial charge on any atom is 0.398 e. The Morgan fingerprint density at radius 3 is 2.08 bits per heavy atom. The first-order chi connectivity index (χ1) is 12.3. The van der Waals surface area contributed by atoms with Gasteiger partial charge in [-0.1, -0.05) is 6.07 Å². The van der Waals surface area contributed by atoms with Crippen molar-refractivity contribution in [2.45, 2.75) is 18.7 Å². The third-order valence-electron chi connectivity index (χ3n) is 3.45. The first kappa shape index (κ1) is 18.0. The van der Waals surface area contributed by atoms with E-state index in [1.807, 2.05) is 0 Å². The van der Waals surface area contributed by atoms with Gasteiger partial charge in [0.2, 0.25) is 0 Å². The van der Waals surface area contributed by atoms with E-state index in [-0.39, 0.29) is 18.7 Å². The van der Waals surface area contributed by atoms with Crippen LogP contribution in [0, 0.1) is 11.6 Å². The van der Waals surface area contributed by atoms with Crippen molar-refractivity contribution in [3.63, 3.8) is 0 Å². The summed E-state index contributed by atoms with van der Waals surface area (Å²) in [6, 6.07) is 2.52. The van der Waals surface area contributed by atoms with Crippen molar-refractivity contribution in [2.24, 2.45) is 0 Å². The molecule has 13 heteroatoms. The Kier molecular flexibility index (Phi) is 4.76. The Balaban J connectivity index is 2.18. The van der Waals surface area contributed by atoms with E-state index in [1.54, 1.807) is 0 Å². The largest absolute Gasteiger partial charge is 0.398 e. The van der Waals surface area contributed by atoms with E-state index < -0.39 is 27.6 Å². The van der Waals surface area contributed by atoms with Crippen LogP contribution in [0.2, 0.25) is 0 Å². The standard InChI is InChI=1S/C13H12F2N6O4S/c14-10-1-2-11(12(15)3-10)13(25-26(22,23)24,4-20-8-16-6-18-20)5-21-9-17-7-19-21/h1-3,6-9H,4-5H2,(H,22,23,24). The molecule has 3 rings (SSSR count). The van der Waals surface area contributed by atoms with E-state index in [1.165, 1.54) is 34.7 Å². The first-order valence-electron chi connectivity index (χ1n) is 7.06. The number of nitrogens with zero attached hydrogens (tertiary/aromatic N) is 6. The summed E-state index contributed by atoms with van der Waals surface area (Å²) in [5.74, 6) is -1.94. The third-order valence-corrected chi connectivity index (χ3v) is 3.98. The van der Waals surface area contributed by atoms with Gasteiger partial charge >= 0.3 is 10.4 Å². The van der Waals surface area contributed by atoms with Crippen molar-refractivity contribution in [3.8, 4) is 0 Å². The van der Waals surface area contributed by atoms with Crippen LogP contribution in [0.3, 0.4) is 0 Å². The van der Waals surface area contributed by atoms with Crippen LogP contribution >= 0.6 is 0 Å². The molecular formula is C13H12F2N6O4S. The molecule has 138 valence electrons. The highest BCUT2D eigenvalue weighted by Crippen LogP contribution is 2.33. The third kappa shape index (κ3) is 4.07. The Hall–Kier alpha value is -2.77. The summed E-state index contributed by atoms with van der Waals surface area (Å²) in [5.41, 5.74) is -2.38. The Morgan fingerprint density at radius 1 is 1.08 bits per heavy atom. The maximum absolute atomic E-state index is 14.5. The second-order valence-electron chi connectivity index (χ2n) is 5.32. The minimum Gasteiger partial charge on any atom is -0.264 e. The van der Waals surface area contributed by atoms with E-state index in [9.17, 15) is 21.8 Å². The van der Waals surface area contributed by atoms with Gasteiger partial charge in [-0.2, -0.15) is 18.6 Å². The number of rotatable bonds is 7. The minimum atomic E-state index is -5.05. The summed E-state index contributed by atoms with van der Waals surface area (Å²) in [5, 5.41) is 7.68. The van der Waals surface area contributed by atoms with E-state index in [0.29, 0.717) is 6.07 Å². The Bertz CT molecular complexity index is 942. The van der Waals surface area contributed by atoms with Crippen LogP contribution in [0.5, 0.6) is 0 Å². The molecule has 0 aliphatic rings. The van der Waals surface area contributed by atoms with Crippen LogP contribution in [0.4, 0.5) is 8.78 Å². The van der Waals surface area contributed by atoms with Crippen LogP contribution in [-0.4, -0.2) is 42.5 Å². The highest BCUT2D eigenvalue weighted by molar-refractivity contribution is 7.80. The highest BCUT2D eigenvalue weighted by Gasteiger charge is 2.42. The van der Waals surface area contributed by atoms with Gasteiger partial charge in [0.15, 0.2) is 5.60 Å². The molecule has 0 spiro atoms. The highest BCUT2D eigenvalue weighted by atomic mass is 32.3. The molecule has 0 unspecified atom stereocenters. The molecule has 0 bridgehead atoms. The molecule has 1 aromatic carbocycles. The molecule has 0 fully saturated rings. The van der Waals surface area contributed by atoms with Crippen LogP contribution < -0.4 is 0 Å². The van der Waals surface area contributed by atoms with Crippen molar-refractivity contribution < 1.29 is 25.9 Å². The average molecular weight is 386 g/mol. The molecule has 1 N–H and O–H groups in total. The fourth-order valence-corrected chi connectivity index (χ4v) is 3.13. The van der Waals surface area contributed by atoms with Crippen LogP contribution in [0.25, 0.3) is 0 Å². The molecule has 0 radical (unpaired) electrons. The molecule has 0 saturated heterocycles. The predicted molar refractivity (Wildman–Crippen MR) is 80.7 cm³/mol. The summed E-state index contributed by atoms with van der Waals surface area (Å²) in [6.45, 7) is -0.760. The van der Waals surface area contributed by atoms with Gasteiger partial charge in [0.05, 0.1) is 13.1 Å². The van der Waals surface area contributed by atoms with Gasteiger partial charge in [-0.3, -0.25) is 4.55 Å². The zero-order valence-electron chi connectivity index (χ0n) is 13.0. The van der Waals surface area contributed by atoms with Crippen molar-refractivity contribution in [2.75, 3.05) is 0 Å². The Morgan fingerprint density at radius 2 is 1.65 bits per heavy atom. The SMILES string of the molecule is O=S(=O)(O)OC(Cn1cncn1)(Cn1cncn1)c1ccc(F)cc1F. The molecule has 2 heterocycles. The normalized spacial score (nSPS) is 12.4. The average Bonchev–Trinajstić information content (AvgIpc) is 3.19. The minimum absolute atomic E-state index is 0.331. The molecule has 10 nitrogen and oxygen atoms in total. The van der Waals surface area contributed by atoms with Crippen LogP contribution in [-0.2, 0) is 33.3 Å². The summed E-state index contributed by atoms with van der Waals surface area (Å²) >= 11 is 0. The van der Waals surface area contributed by atoms with E-state index in [0.717, 1.165) is 12.1 Å². The van der Waals surface area contributed by atoms with Gasteiger partial charge in [-0.05, 0) is 6.07 Å². The molecule has 3 aromatic rings. The van der Waals surface area contributed by atoms with Gasteiger partial charge in [0.1, 0.15) is 36.9 Å². The van der Waals surface area contributed by atoms with E-state index in [2.05, 4.69) is 20.2 Å². The zero-order valence-corrected chi connectivity index (χ0v) is 13.8. The van der Waals surface area contributed by atoms with Gasteiger partial charge in [-0.25, -0.2) is 32.3 Å². The summed E-state index contributed by atoms with van der Waals surface area (Å²) < 4.78 is 67.3. The van der Waals surface area contributed by atoms with Crippen molar-refractivity contribution in [1.82, 2.24) is 29.5 Å². The topological polar surface area (TPSA) is 125 Å². The molecular weight excluding hydrogens is 374 g/mol. The van der Waals surface area contributed by atoms with Crippen LogP contribution in [0.15, 0.2) is 43.5 Å². The molecule has 0 aliphatic carbocycles. The lowest BCUT2D eigenvalue weighted by Crippen LogP contribution is -2.42. The molecule has 26 heavy (non-hydrogen) atoms. The van der Waals surface area contributed by atoms with Gasteiger partial charge in [-0.15, -0.1) is 0 Å². The van der Waals surface area contributed by atoms with E-state index >= 15 is 0 Å². The molecule has 0 amide bonds. The fourth-order valence-electron chi connectivity index (χ4n) is 2.53. The van der Waals surface area contributed by atoms with Crippen molar-refractivity contribution in [1.29, 1.82) is 0 Å². The lowest BCUT2D eigenvalue weighted by Gasteiger charge is -2.32. The first-order valence-corrected chi connectivity index (χ1v) is 8.42. The molecule has 0 aliphatic heterocycles. The Labute approximate surface area is 146 Å². The summed E-state index contributed by atoms with van der Waals surface area (Å²) in [7, 11) is -5.05. The predicted octanol–water partition coefficient (Wildman–Crippen LogP) is 0.563. The number of hydrogen-bond donors (Lipinski definition) is 1. The number of aromatic nitrogens is 6. The lowest BCUT2D eigenvalue weighted by molar-refractivity contribution is 0.0141. The summed E-state index contributed by atoms with van der Waals surface area (Å²) in [4.78, 5) is 7.45. The van der Waals surface area contributed by atoms with Gasteiger partial charge in [0.25, 0.3) is 0 Å². The fraction of sp³-hybridized carbons (Fsp3) is 0.231. The maximum atomic E-state index is 14.5. The monoisotopic (exact) mass is 386 g/mol. The van der Waals surface area contributed by atoms with Crippen LogP contribution in [0.1, 0.15) is 5.56 Å². The second kappa shape index (κ2) is 6.86. The molecule has 2 aromatic heterocycles. The lowest BCUT2D eigenvalue weighted by atomic mass is 9.93. The number of hydrogen-bond acceptors (Lipinski definition) is 7. The van der Waals surface area contributed by atoms with Crippen molar-refractivity contribution in [3.05, 3.63) is 60.7 Å². The van der Waals surface area contributed by atoms with Gasteiger partial charge < -0.3 is 0 Å². The van der Waals surface area contributed by atoms with Crippen molar-refractivity contribution >= 4 is 10.4 Å². The second-order valence-corrected chi connectivity index (χ2v) is 6.34. The zero-order chi connectivity index (χ0) is 18.8.